The lowest BCUT2D eigenvalue weighted by Gasteiger charge is -2.10. The van der Waals surface area contributed by atoms with Crippen molar-refractivity contribution < 1.29 is 9.90 Å². The number of hydrogen-bond donors (Lipinski definition) is 1. The zero-order valence-electron chi connectivity index (χ0n) is 14.0. The van der Waals surface area contributed by atoms with Crippen LogP contribution in [-0.4, -0.2) is 40.8 Å². The first-order valence-corrected chi connectivity index (χ1v) is 8.31. The molecule has 0 atom stereocenters. The third-order valence-corrected chi connectivity index (χ3v) is 4.32. The highest BCUT2D eigenvalue weighted by molar-refractivity contribution is 5.85. The van der Waals surface area contributed by atoms with Gasteiger partial charge in [-0.15, -0.1) is 5.10 Å². The third kappa shape index (κ3) is 2.77. The van der Waals surface area contributed by atoms with Crippen LogP contribution in [0.4, 0.5) is 0 Å². The highest BCUT2D eigenvalue weighted by Gasteiger charge is 2.27. The van der Waals surface area contributed by atoms with Gasteiger partial charge >= 0.3 is 5.97 Å². The van der Waals surface area contributed by atoms with E-state index >= 15 is 0 Å². The first-order chi connectivity index (χ1) is 12.6. The van der Waals surface area contributed by atoms with Gasteiger partial charge in [0.15, 0.2) is 5.69 Å². The Bertz CT molecular complexity index is 1050. The van der Waals surface area contributed by atoms with Crippen LogP contribution in [0.5, 0.6) is 0 Å². The minimum Gasteiger partial charge on any atom is -0.476 e. The molecule has 4 rings (SSSR count). The largest absolute Gasteiger partial charge is 0.476 e. The highest BCUT2D eigenvalue weighted by Crippen LogP contribution is 2.37. The van der Waals surface area contributed by atoms with Gasteiger partial charge in [-0.25, -0.2) is 9.48 Å². The van der Waals surface area contributed by atoms with Crippen molar-refractivity contribution in [2.45, 2.75) is 32.2 Å². The van der Waals surface area contributed by atoms with Crippen LogP contribution < -0.4 is 5.56 Å². The molecule has 0 saturated heterocycles. The van der Waals surface area contributed by atoms with Crippen molar-refractivity contribution in [2.75, 3.05) is 0 Å². The smallest absolute Gasteiger partial charge is 0.356 e. The molecule has 3 aromatic heterocycles. The van der Waals surface area contributed by atoms with Gasteiger partial charge in [-0.2, -0.15) is 9.78 Å². The number of aromatic nitrogens is 6. The molecule has 9 heteroatoms. The summed E-state index contributed by atoms with van der Waals surface area (Å²) < 4.78 is 2.94. The molecule has 3 aromatic rings. The number of carbonyl (C=O) groups is 1. The molecule has 132 valence electrons. The fourth-order valence-corrected chi connectivity index (χ4v) is 2.80. The average Bonchev–Trinajstić information content (AvgIpc) is 3.38. The number of aromatic carboxylic acids is 1. The Morgan fingerprint density at radius 2 is 2.08 bits per heavy atom. The van der Waals surface area contributed by atoms with E-state index in [2.05, 4.69) is 20.4 Å². The van der Waals surface area contributed by atoms with E-state index in [1.807, 2.05) is 4.68 Å². The quantitative estimate of drug-likeness (QED) is 0.739. The summed E-state index contributed by atoms with van der Waals surface area (Å²) in [6, 6.07) is 3.40. The molecule has 3 heterocycles. The average molecular weight is 352 g/mol. The lowest BCUT2D eigenvalue weighted by atomic mass is 10.2. The third-order valence-electron chi connectivity index (χ3n) is 4.32. The maximum atomic E-state index is 12.6. The first kappa shape index (κ1) is 16.1. The molecule has 9 nitrogen and oxygen atoms in total. The van der Waals surface area contributed by atoms with Crippen LogP contribution in [0.3, 0.4) is 0 Å². The van der Waals surface area contributed by atoms with Crippen molar-refractivity contribution in [1.82, 2.24) is 29.8 Å². The van der Waals surface area contributed by atoms with Crippen LogP contribution in [0, 0.1) is 0 Å². The van der Waals surface area contributed by atoms with Crippen molar-refractivity contribution in [3.8, 4) is 16.9 Å². The summed E-state index contributed by atoms with van der Waals surface area (Å²) in [4.78, 5) is 28.1. The van der Waals surface area contributed by atoms with Crippen molar-refractivity contribution in [1.29, 1.82) is 0 Å². The zero-order valence-corrected chi connectivity index (χ0v) is 14.0. The molecule has 26 heavy (non-hydrogen) atoms. The van der Waals surface area contributed by atoms with Crippen LogP contribution >= 0.6 is 0 Å². The maximum absolute atomic E-state index is 12.6. The van der Waals surface area contributed by atoms with Crippen LogP contribution in [-0.2, 0) is 6.42 Å². The van der Waals surface area contributed by atoms with Crippen LogP contribution in [0.2, 0.25) is 0 Å². The summed E-state index contributed by atoms with van der Waals surface area (Å²) in [5.74, 6) is -1.19. The first-order valence-electron chi connectivity index (χ1n) is 8.31. The van der Waals surface area contributed by atoms with Gasteiger partial charge in [-0.3, -0.25) is 9.78 Å². The lowest BCUT2D eigenvalue weighted by molar-refractivity contribution is 0.0688. The number of pyridine rings is 1. The SMILES string of the molecule is CCc1cc(C(=O)O)nn(-c2cncc(-c3cnnn3C3CC3)c2)c1=O. The standard InChI is InChI=1S/C17H16N6O3/c1-2-10-6-14(17(25)26)20-23(16(10)24)13-5-11(7-18-8-13)15-9-19-21-22(15)12-3-4-12/h5-9,12H,2-4H2,1H3,(H,25,26). The van der Waals surface area contributed by atoms with E-state index in [0.717, 1.165) is 28.8 Å². The zero-order chi connectivity index (χ0) is 18.3. The molecular weight excluding hydrogens is 336 g/mol. The summed E-state index contributed by atoms with van der Waals surface area (Å²) in [5, 5.41) is 21.3. The highest BCUT2D eigenvalue weighted by atomic mass is 16.4. The molecule has 1 saturated carbocycles. The number of hydrogen-bond acceptors (Lipinski definition) is 6. The van der Waals surface area contributed by atoms with Gasteiger partial charge in [0.1, 0.15) is 0 Å². The van der Waals surface area contributed by atoms with Crippen LogP contribution in [0.1, 0.15) is 41.9 Å². The van der Waals surface area contributed by atoms with Gasteiger partial charge in [0.2, 0.25) is 0 Å². The van der Waals surface area contributed by atoms with Gasteiger partial charge in [-0.05, 0) is 31.4 Å². The van der Waals surface area contributed by atoms with E-state index in [4.69, 9.17) is 0 Å². The minimum absolute atomic E-state index is 0.184. The predicted molar refractivity (Wildman–Crippen MR) is 91.3 cm³/mol. The molecule has 0 spiro atoms. The summed E-state index contributed by atoms with van der Waals surface area (Å²) in [6.45, 7) is 1.79. The summed E-state index contributed by atoms with van der Waals surface area (Å²) >= 11 is 0. The normalized spacial score (nSPS) is 13.7. The predicted octanol–water partition coefficient (Wildman–Crippen LogP) is 1.48. The number of aryl methyl sites for hydroxylation is 1. The molecule has 0 radical (unpaired) electrons. The lowest BCUT2D eigenvalue weighted by Crippen LogP contribution is -2.27. The molecule has 0 bridgehead atoms. The minimum atomic E-state index is -1.19. The van der Waals surface area contributed by atoms with Gasteiger partial charge in [0, 0.05) is 17.3 Å². The van der Waals surface area contributed by atoms with E-state index in [-0.39, 0.29) is 11.3 Å². The monoisotopic (exact) mass is 352 g/mol. The fraction of sp³-hybridized carbons (Fsp3) is 0.294. The number of nitrogens with zero attached hydrogens (tertiary/aromatic N) is 6. The Balaban J connectivity index is 1.84. The second-order valence-electron chi connectivity index (χ2n) is 6.16. The molecular formula is C17H16N6O3. The molecule has 0 aliphatic heterocycles. The Kier molecular flexibility index (Phi) is 3.83. The summed E-state index contributed by atoms with van der Waals surface area (Å²) in [6.07, 6.45) is 7.33. The second-order valence-corrected chi connectivity index (χ2v) is 6.16. The van der Waals surface area contributed by atoms with Gasteiger partial charge in [-0.1, -0.05) is 12.1 Å². The topological polar surface area (TPSA) is 116 Å². The molecule has 1 aliphatic rings. The molecule has 1 N–H and O–H groups in total. The second kappa shape index (κ2) is 6.17. The van der Waals surface area contributed by atoms with E-state index in [0.29, 0.717) is 23.7 Å². The van der Waals surface area contributed by atoms with E-state index in [9.17, 15) is 14.7 Å². The van der Waals surface area contributed by atoms with Crippen molar-refractivity contribution in [3.05, 3.63) is 52.3 Å². The maximum Gasteiger partial charge on any atom is 0.356 e. The molecule has 0 aromatic carbocycles. The number of carboxylic acid groups (broad SMARTS) is 1. The van der Waals surface area contributed by atoms with Gasteiger partial charge < -0.3 is 5.11 Å². The molecule has 1 fully saturated rings. The van der Waals surface area contributed by atoms with E-state index in [1.165, 1.54) is 12.3 Å². The molecule has 0 amide bonds. The van der Waals surface area contributed by atoms with Gasteiger partial charge in [0.25, 0.3) is 5.56 Å². The van der Waals surface area contributed by atoms with Crippen LogP contribution in [0.25, 0.3) is 16.9 Å². The van der Waals surface area contributed by atoms with Gasteiger partial charge in [0.05, 0.1) is 29.8 Å². The molecule has 0 unspecified atom stereocenters. The summed E-state index contributed by atoms with van der Waals surface area (Å²) in [5.41, 5.74) is 1.79. The fourth-order valence-electron chi connectivity index (χ4n) is 2.80. The number of carboxylic acids is 1. The Morgan fingerprint density at radius 3 is 2.77 bits per heavy atom. The number of rotatable bonds is 5. The van der Waals surface area contributed by atoms with Crippen molar-refractivity contribution >= 4 is 5.97 Å². The molecule has 1 aliphatic carbocycles. The van der Waals surface area contributed by atoms with Crippen molar-refractivity contribution in [2.24, 2.45) is 0 Å². The van der Waals surface area contributed by atoms with E-state index in [1.54, 1.807) is 25.4 Å². The van der Waals surface area contributed by atoms with Crippen molar-refractivity contribution in [3.63, 3.8) is 0 Å². The van der Waals surface area contributed by atoms with E-state index < -0.39 is 5.97 Å². The Hall–Kier alpha value is -3.36. The summed E-state index contributed by atoms with van der Waals surface area (Å²) in [7, 11) is 0. The Labute approximate surface area is 147 Å². The Morgan fingerprint density at radius 1 is 1.27 bits per heavy atom. The van der Waals surface area contributed by atoms with Crippen LogP contribution in [0.15, 0.2) is 35.5 Å².